The summed E-state index contributed by atoms with van der Waals surface area (Å²) in [5.74, 6) is 0. The number of rotatable bonds is 2. The van der Waals surface area contributed by atoms with Gasteiger partial charge in [-0.05, 0) is 13.0 Å². The zero-order valence-electron chi connectivity index (χ0n) is 7.97. The van der Waals surface area contributed by atoms with Crippen molar-refractivity contribution in [3.63, 3.8) is 0 Å². The van der Waals surface area contributed by atoms with Crippen LogP contribution in [-0.2, 0) is 9.05 Å². The second kappa shape index (κ2) is 4.08. The van der Waals surface area contributed by atoms with E-state index in [-0.39, 0.29) is 11.1 Å². The minimum absolute atomic E-state index is 0.140. The van der Waals surface area contributed by atoms with E-state index in [1.54, 1.807) is 6.07 Å². The third kappa shape index (κ3) is 2.13. The highest BCUT2D eigenvalue weighted by Gasteiger charge is 2.25. The van der Waals surface area contributed by atoms with Crippen LogP contribution < -0.4 is 0 Å². The first-order valence-electron chi connectivity index (χ1n) is 3.91. The molecule has 0 saturated carbocycles. The SMILES string of the molecule is Cc1c([N+](=O)[O-])ccc(C#N)c1S(=O)(=O)Cl. The number of nitriles is 1. The number of nitro benzene ring substituents is 1. The Morgan fingerprint density at radius 3 is 2.44 bits per heavy atom. The molecule has 6 nitrogen and oxygen atoms in total. The van der Waals surface area contributed by atoms with Crippen molar-refractivity contribution in [3.8, 4) is 6.07 Å². The molecule has 0 fully saturated rings. The third-order valence-electron chi connectivity index (χ3n) is 1.94. The number of halogens is 1. The summed E-state index contributed by atoms with van der Waals surface area (Å²) in [5.41, 5.74) is -0.740. The smallest absolute Gasteiger partial charge is 0.258 e. The molecule has 1 rings (SSSR count). The normalized spacial score (nSPS) is 10.8. The summed E-state index contributed by atoms with van der Waals surface area (Å²) in [7, 11) is 0.936. The molecule has 0 heterocycles. The van der Waals surface area contributed by atoms with Gasteiger partial charge in [-0.1, -0.05) is 0 Å². The lowest BCUT2D eigenvalue weighted by molar-refractivity contribution is -0.385. The molecule has 0 aliphatic carbocycles. The molecule has 0 aromatic heterocycles. The van der Waals surface area contributed by atoms with Gasteiger partial charge < -0.3 is 0 Å². The van der Waals surface area contributed by atoms with E-state index in [1.807, 2.05) is 0 Å². The standard InChI is InChI=1S/C8H5ClN2O4S/c1-5-7(11(12)13)3-2-6(4-10)8(5)16(9,14)15/h2-3H,1H3. The van der Waals surface area contributed by atoms with Crippen molar-refractivity contribution in [2.24, 2.45) is 0 Å². The molecule has 0 amide bonds. The highest BCUT2D eigenvalue weighted by Crippen LogP contribution is 2.30. The fraction of sp³-hybridized carbons (Fsp3) is 0.125. The van der Waals surface area contributed by atoms with Crippen molar-refractivity contribution in [3.05, 3.63) is 33.4 Å². The number of nitrogens with zero attached hydrogens (tertiary/aromatic N) is 2. The Morgan fingerprint density at radius 1 is 1.50 bits per heavy atom. The molecule has 0 radical (unpaired) electrons. The summed E-state index contributed by atoms with van der Waals surface area (Å²) < 4.78 is 22.4. The largest absolute Gasteiger partial charge is 0.273 e. The molecule has 0 atom stereocenters. The lowest BCUT2D eigenvalue weighted by Gasteiger charge is -2.04. The maximum absolute atomic E-state index is 11.2. The molecule has 0 saturated heterocycles. The van der Waals surface area contributed by atoms with Crippen LogP contribution in [-0.4, -0.2) is 13.3 Å². The van der Waals surface area contributed by atoms with Crippen LogP contribution in [0.5, 0.6) is 0 Å². The van der Waals surface area contributed by atoms with Crippen molar-refractivity contribution in [2.45, 2.75) is 11.8 Å². The monoisotopic (exact) mass is 260 g/mol. The van der Waals surface area contributed by atoms with Gasteiger partial charge in [0.2, 0.25) is 0 Å². The Hall–Kier alpha value is -1.65. The van der Waals surface area contributed by atoms with Crippen LogP contribution in [0, 0.1) is 28.4 Å². The van der Waals surface area contributed by atoms with Crippen molar-refractivity contribution >= 4 is 25.4 Å². The average Bonchev–Trinajstić information content (AvgIpc) is 2.14. The first-order chi connectivity index (χ1) is 7.29. The van der Waals surface area contributed by atoms with Crippen LogP contribution in [0.3, 0.4) is 0 Å². The van der Waals surface area contributed by atoms with Crippen LogP contribution in [0.25, 0.3) is 0 Å². The van der Waals surface area contributed by atoms with Crippen molar-refractivity contribution < 1.29 is 13.3 Å². The van der Waals surface area contributed by atoms with Gasteiger partial charge in [0, 0.05) is 22.3 Å². The molecule has 0 aliphatic rings. The van der Waals surface area contributed by atoms with Crippen LogP contribution in [0.2, 0.25) is 0 Å². The number of nitro groups is 1. The number of benzene rings is 1. The summed E-state index contributed by atoms with van der Waals surface area (Å²) >= 11 is 0. The van der Waals surface area contributed by atoms with Crippen molar-refractivity contribution in [1.82, 2.24) is 0 Å². The fourth-order valence-electron chi connectivity index (χ4n) is 1.28. The van der Waals surface area contributed by atoms with E-state index in [1.165, 1.54) is 6.92 Å². The molecule has 16 heavy (non-hydrogen) atoms. The zero-order valence-corrected chi connectivity index (χ0v) is 9.54. The molecule has 0 bridgehead atoms. The topological polar surface area (TPSA) is 101 Å². The first kappa shape index (κ1) is 12.4. The third-order valence-corrected chi connectivity index (χ3v) is 3.41. The van der Waals surface area contributed by atoms with E-state index < -0.39 is 24.6 Å². The van der Waals surface area contributed by atoms with Gasteiger partial charge in [-0.15, -0.1) is 0 Å². The van der Waals surface area contributed by atoms with E-state index in [2.05, 4.69) is 0 Å². The number of hydrogen-bond acceptors (Lipinski definition) is 5. The molecular formula is C8H5ClN2O4S. The lowest BCUT2D eigenvalue weighted by Crippen LogP contribution is -2.02. The average molecular weight is 261 g/mol. The molecule has 0 unspecified atom stereocenters. The lowest BCUT2D eigenvalue weighted by atomic mass is 10.1. The molecular weight excluding hydrogens is 256 g/mol. The van der Waals surface area contributed by atoms with Crippen LogP contribution in [0.1, 0.15) is 11.1 Å². The number of hydrogen-bond donors (Lipinski definition) is 0. The first-order valence-corrected chi connectivity index (χ1v) is 6.22. The fourth-order valence-corrected chi connectivity index (χ4v) is 2.72. The Kier molecular flexibility index (Phi) is 3.16. The van der Waals surface area contributed by atoms with Gasteiger partial charge in [0.15, 0.2) is 0 Å². The Labute approximate surface area is 95.6 Å². The Bertz CT molecular complexity index is 603. The minimum atomic E-state index is -4.19. The van der Waals surface area contributed by atoms with E-state index in [4.69, 9.17) is 15.9 Å². The second-order valence-corrected chi connectivity index (χ2v) is 5.40. The summed E-state index contributed by atoms with van der Waals surface area (Å²) in [6.07, 6.45) is 0. The van der Waals surface area contributed by atoms with Gasteiger partial charge in [-0.3, -0.25) is 10.1 Å². The Balaban J connectivity index is 3.76. The highest BCUT2D eigenvalue weighted by atomic mass is 35.7. The second-order valence-electron chi connectivity index (χ2n) is 2.89. The highest BCUT2D eigenvalue weighted by molar-refractivity contribution is 8.13. The molecule has 0 aliphatic heterocycles. The quantitative estimate of drug-likeness (QED) is 0.457. The predicted octanol–water partition coefficient (Wildman–Crippen LogP) is 1.70. The summed E-state index contributed by atoms with van der Waals surface area (Å²) in [6, 6.07) is 3.75. The summed E-state index contributed by atoms with van der Waals surface area (Å²) in [4.78, 5) is 9.34. The van der Waals surface area contributed by atoms with E-state index in [9.17, 15) is 18.5 Å². The molecule has 1 aromatic carbocycles. The van der Waals surface area contributed by atoms with Crippen LogP contribution >= 0.6 is 10.7 Å². The van der Waals surface area contributed by atoms with Gasteiger partial charge >= 0.3 is 0 Å². The van der Waals surface area contributed by atoms with E-state index in [0.29, 0.717) is 0 Å². The van der Waals surface area contributed by atoms with E-state index >= 15 is 0 Å². The van der Waals surface area contributed by atoms with Crippen LogP contribution in [0.15, 0.2) is 17.0 Å². The van der Waals surface area contributed by atoms with Crippen molar-refractivity contribution in [1.29, 1.82) is 5.26 Å². The summed E-state index contributed by atoms with van der Waals surface area (Å²) in [6.45, 7) is 1.23. The molecule has 0 spiro atoms. The maximum Gasteiger partial charge on any atom is 0.273 e. The van der Waals surface area contributed by atoms with Gasteiger partial charge in [0.05, 0.1) is 10.5 Å². The van der Waals surface area contributed by atoms with Gasteiger partial charge in [0.1, 0.15) is 11.0 Å². The van der Waals surface area contributed by atoms with Gasteiger partial charge in [-0.25, -0.2) is 8.42 Å². The van der Waals surface area contributed by atoms with Gasteiger partial charge in [0.25, 0.3) is 14.7 Å². The molecule has 1 aromatic rings. The molecule has 8 heteroatoms. The minimum Gasteiger partial charge on any atom is -0.258 e. The maximum atomic E-state index is 11.2. The van der Waals surface area contributed by atoms with Crippen molar-refractivity contribution in [2.75, 3.05) is 0 Å². The predicted molar refractivity (Wildman–Crippen MR) is 55.6 cm³/mol. The van der Waals surface area contributed by atoms with E-state index in [0.717, 1.165) is 12.1 Å². The summed E-state index contributed by atoms with van der Waals surface area (Å²) in [5, 5.41) is 19.3. The zero-order chi connectivity index (χ0) is 12.5. The molecule has 84 valence electrons. The Morgan fingerprint density at radius 2 is 2.06 bits per heavy atom. The molecule has 0 N–H and O–H groups in total. The van der Waals surface area contributed by atoms with Gasteiger partial charge in [-0.2, -0.15) is 5.26 Å². The van der Waals surface area contributed by atoms with Crippen LogP contribution in [0.4, 0.5) is 5.69 Å².